The third-order valence-corrected chi connectivity index (χ3v) is 1.82. The van der Waals surface area contributed by atoms with Crippen molar-refractivity contribution in [3.05, 3.63) is 11.6 Å². The Balaban J connectivity index is 3.59. The quantitative estimate of drug-likeness (QED) is 0.619. The van der Waals surface area contributed by atoms with Crippen LogP contribution >= 0.6 is 0 Å². The van der Waals surface area contributed by atoms with E-state index in [0.717, 1.165) is 12.8 Å². The molecule has 0 aromatic rings. The first-order valence-electron chi connectivity index (χ1n) is 5.14. The van der Waals surface area contributed by atoms with Gasteiger partial charge in [0, 0.05) is 0 Å². The molecular formula is C11H22O2. The van der Waals surface area contributed by atoms with Gasteiger partial charge in [-0.1, -0.05) is 26.3 Å². The van der Waals surface area contributed by atoms with Gasteiger partial charge in [-0.2, -0.15) is 0 Å². The number of hydrogen-bond acceptors (Lipinski definition) is 2. The van der Waals surface area contributed by atoms with E-state index in [0.29, 0.717) is 13.2 Å². The second-order valence-electron chi connectivity index (χ2n) is 3.37. The molecule has 0 rings (SSSR count). The molecule has 1 unspecified atom stereocenters. The highest BCUT2D eigenvalue weighted by Gasteiger charge is 1.97. The lowest BCUT2D eigenvalue weighted by molar-refractivity contribution is 0.0563. The number of unbranched alkanes of at least 4 members (excludes halogenated alkanes) is 1. The Morgan fingerprint density at radius 2 is 2.15 bits per heavy atom. The molecule has 0 aliphatic heterocycles. The molecule has 2 heteroatoms. The van der Waals surface area contributed by atoms with E-state index in [1.54, 1.807) is 6.92 Å². The number of hydrogen-bond donors (Lipinski definition) is 1. The average Bonchev–Trinajstić information content (AvgIpc) is 2.10. The van der Waals surface area contributed by atoms with Crippen LogP contribution in [0, 0.1) is 0 Å². The molecule has 0 amide bonds. The van der Waals surface area contributed by atoms with Gasteiger partial charge >= 0.3 is 0 Å². The van der Waals surface area contributed by atoms with E-state index in [4.69, 9.17) is 9.84 Å². The molecule has 0 spiro atoms. The first-order valence-corrected chi connectivity index (χ1v) is 5.14. The third-order valence-electron chi connectivity index (χ3n) is 1.82. The third kappa shape index (κ3) is 8.00. The molecule has 0 aliphatic carbocycles. The van der Waals surface area contributed by atoms with Crippen molar-refractivity contribution in [1.29, 1.82) is 0 Å². The van der Waals surface area contributed by atoms with Crippen molar-refractivity contribution < 1.29 is 9.84 Å². The number of aliphatic hydroxyl groups is 1. The van der Waals surface area contributed by atoms with Gasteiger partial charge in [-0.05, 0) is 25.3 Å². The molecule has 0 fully saturated rings. The first kappa shape index (κ1) is 12.7. The lowest BCUT2D eigenvalue weighted by Crippen LogP contribution is -2.11. The summed E-state index contributed by atoms with van der Waals surface area (Å²) in [6.07, 6.45) is 5.23. The molecule has 1 N–H and O–H groups in total. The van der Waals surface area contributed by atoms with Gasteiger partial charge in [-0.25, -0.2) is 0 Å². The molecule has 0 aromatic heterocycles. The molecule has 0 aliphatic rings. The molecule has 2 nitrogen and oxygen atoms in total. The van der Waals surface area contributed by atoms with Crippen LogP contribution < -0.4 is 0 Å². The van der Waals surface area contributed by atoms with Crippen molar-refractivity contribution >= 4 is 0 Å². The fraction of sp³-hybridized carbons (Fsp3) is 0.818. The number of ether oxygens (including phenoxy) is 1. The topological polar surface area (TPSA) is 29.5 Å². The van der Waals surface area contributed by atoms with Crippen LogP contribution in [0.5, 0.6) is 0 Å². The van der Waals surface area contributed by atoms with Gasteiger partial charge in [0.15, 0.2) is 0 Å². The van der Waals surface area contributed by atoms with Gasteiger partial charge in [0.2, 0.25) is 0 Å². The SMILES string of the molecule is CCCC=C(CC)COCC(C)O. The molecular weight excluding hydrogens is 164 g/mol. The Morgan fingerprint density at radius 1 is 1.46 bits per heavy atom. The Bertz CT molecular complexity index is 139. The Labute approximate surface area is 81.6 Å². The van der Waals surface area contributed by atoms with Gasteiger partial charge in [0.1, 0.15) is 0 Å². The smallest absolute Gasteiger partial charge is 0.0745 e. The summed E-state index contributed by atoms with van der Waals surface area (Å²) >= 11 is 0. The maximum atomic E-state index is 8.97. The highest BCUT2D eigenvalue weighted by Crippen LogP contribution is 2.04. The van der Waals surface area contributed by atoms with Crippen molar-refractivity contribution in [2.24, 2.45) is 0 Å². The minimum absolute atomic E-state index is 0.357. The molecule has 0 bridgehead atoms. The van der Waals surface area contributed by atoms with Crippen LogP contribution in [0.25, 0.3) is 0 Å². The van der Waals surface area contributed by atoms with E-state index < -0.39 is 0 Å². The maximum Gasteiger partial charge on any atom is 0.0745 e. The molecule has 1 atom stereocenters. The Hall–Kier alpha value is -0.340. The Kier molecular flexibility index (Phi) is 8.05. The van der Waals surface area contributed by atoms with E-state index in [1.807, 2.05) is 0 Å². The summed E-state index contributed by atoms with van der Waals surface area (Å²) in [6, 6.07) is 0. The zero-order valence-corrected chi connectivity index (χ0v) is 9.05. The predicted molar refractivity (Wildman–Crippen MR) is 55.8 cm³/mol. The normalized spacial score (nSPS) is 14.6. The second-order valence-corrected chi connectivity index (χ2v) is 3.37. The fourth-order valence-corrected chi connectivity index (χ4v) is 1.01. The fourth-order valence-electron chi connectivity index (χ4n) is 1.01. The zero-order valence-electron chi connectivity index (χ0n) is 9.05. The van der Waals surface area contributed by atoms with Gasteiger partial charge in [-0.3, -0.25) is 0 Å². The molecule has 0 saturated carbocycles. The summed E-state index contributed by atoms with van der Waals surface area (Å²) in [5.74, 6) is 0. The van der Waals surface area contributed by atoms with Crippen molar-refractivity contribution in [3.8, 4) is 0 Å². The maximum absolute atomic E-state index is 8.97. The summed E-state index contributed by atoms with van der Waals surface area (Å²) in [7, 11) is 0. The highest BCUT2D eigenvalue weighted by molar-refractivity contribution is 5.01. The standard InChI is InChI=1S/C11H22O2/c1-4-6-7-11(5-2)9-13-8-10(3)12/h7,10,12H,4-6,8-9H2,1-3H3. The van der Waals surface area contributed by atoms with Crippen LogP contribution in [0.3, 0.4) is 0 Å². The first-order chi connectivity index (χ1) is 6.20. The monoisotopic (exact) mass is 186 g/mol. The summed E-state index contributed by atoms with van der Waals surface area (Å²) in [5.41, 5.74) is 1.34. The largest absolute Gasteiger partial charge is 0.391 e. The van der Waals surface area contributed by atoms with E-state index in [2.05, 4.69) is 19.9 Å². The second kappa shape index (κ2) is 8.27. The van der Waals surface area contributed by atoms with Crippen molar-refractivity contribution in [2.45, 2.75) is 46.1 Å². The van der Waals surface area contributed by atoms with Gasteiger partial charge < -0.3 is 9.84 Å². The number of aliphatic hydroxyl groups excluding tert-OH is 1. The predicted octanol–water partition coefficient (Wildman–Crippen LogP) is 2.52. The van der Waals surface area contributed by atoms with Crippen LogP contribution in [0.2, 0.25) is 0 Å². The van der Waals surface area contributed by atoms with Crippen molar-refractivity contribution in [1.82, 2.24) is 0 Å². The van der Waals surface area contributed by atoms with Crippen LogP contribution in [0.4, 0.5) is 0 Å². The van der Waals surface area contributed by atoms with E-state index in [1.165, 1.54) is 12.0 Å². The van der Waals surface area contributed by atoms with Crippen molar-refractivity contribution in [2.75, 3.05) is 13.2 Å². The summed E-state index contributed by atoms with van der Waals surface area (Å²) in [4.78, 5) is 0. The van der Waals surface area contributed by atoms with Crippen LogP contribution in [-0.4, -0.2) is 24.4 Å². The van der Waals surface area contributed by atoms with Crippen LogP contribution in [-0.2, 0) is 4.74 Å². The minimum atomic E-state index is -0.357. The zero-order chi connectivity index (χ0) is 10.1. The molecule has 0 aromatic carbocycles. The highest BCUT2D eigenvalue weighted by atomic mass is 16.5. The van der Waals surface area contributed by atoms with Crippen LogP contribution in [0.1, 0.15) is 40.0 Å². The average molecular weight is 186 g/mol. The summed E-state index contributed by atoms with van der Waals surface area (Å²) < 4.78 is 5.33. The lowest BCUT2D eigenvalue weighted by atomic mass is 10.1. The molecule has 0 heterocycles. The van der Waals surface area contributed by atoms with Gasteiger partial charge in [0.25, 0.3) is 0 Å². The van der Waals surface area contributed by atoms with Gasteiger partial charge in [0.05, 0.1) is 19.3 Å². The van der Waals surface area contributed by atoms with E-state index in [-0.39, 0.29) is 6.10 Å². The molecule has 13 heavy (non-hydrogen) atoms. The molecule has 78 valence electrons. The number of allylic oxidation sites excluding steroid dienone is 1. The lowest BCUT2D eigenvalue weighted by Gasteiger charge is -2.08. The van der Waals surface area contributed by atoms with Gasteiger partial charge in [-0.15, -0.1) is 0 Å². The summed E-state index contributed by atoms with van der Waals surface area (Å²) in [5, 5.41) is 8.97. The minimum Gasteiger partial charge on any atom is -0.391 e. The van der Waals surface area contributed by atoms with Crippen molar-refractivity contribution in [3.63, 3.8) is 0 Å². The van der Waals surface area contributed by atoms with E-state index >= 15 is 0 Å². The van der Waals surface area contributed by atoms with E-state index in [9.17, 15) is 0 Å². The molecule has 0 saturated heterocycles. The van der Waals surface area contributed by atoms with Crippen LogP contribution in [0.15, 0.2) is 11.6 Å². The molecule has 0 radical (unpaired) electrons. The summed E-state index contributed by atoms with van der Waals surface area (Å²) in [6.45, 7) is 7.14. The Morgan fingerprint density at radius 3 is 2.62 bits per heavy atom. The number of rotatable bonds is 7.